The molecular formula is C45H26O2. The van der Waals surface area contributed by atoms with Gasteiger partial charge in [0, 0.05) is 27.7 Å². The van der Waals surface area contributed by atoms with Crippen molar-refractivity contribution in [2.45, 2.75) is 18.3 Å². The van der Waals surface area contributed by atoms with E-state index >= 15 is 0 Å². The lowest BCUT2D eigenvalue weighted by molar-refractivity contribution is 0.0979. The first kappa shape index (κ1) is 25.3. The van der Waals surface area contributed by atoms with Crippen LogP contribution in [0.4, 0.5) is 0 Å². The fourth-order valence-corrected chi connectivity index (χ4v) is 9.55. The first-order valence-corrected chi connectivity index (χ1v) is 16.4. The molecule has 11 rings (SSSR count). The fourth-order valence-electron chi connectivity index (χ4n) is 9.55. The van der Waals surface area contributed by atoms with Gasteiger partial charge in [-0.1, -0.05) is 121 Å². The van der Waals surface area contributed by atoms with Gasteiger partial charge in [0.05, 0.1) is 0 Å². The van der Waals surface area contributed by atoms with E-state index < -0.39 is 0 Å². The normalized spacial score (nSPS) is 15.3. The zero-order valence-corrected chi connectivity index (χ0v) is 25.4. The predicted octanol–water partition coefficient (Wildman–Crippen LogP) is 10.1. The number of hydrogen-bond acceptors (Lipinski definition) is 2. The Morgan fingerprint density at radius 2 is 0.681 bits per heavy atom. The molecule has 0 saturated heterocycles. The van der Waals surface area contributed by atoms with Gasteiger partial charge in [-0.05, 0) is 101 Å². The molecule has 3 aliphatic carbocycles. The summed E-state index contributed by atoms with van der Waals surface area (Å²) in [6.07, 6.45) is 1.53. The topological polar surface area (TPSA) is 34.1 Å². The molecule has 0 atom stereocenters. The first-order chi connectivity index (χ1) is 23.1. The van der Waals surface area contributed by atoms with Crippen LogP contribution < -0.4 is 0 Å². The molecule has 0 amide bonds. The maximum Gasteiger partial charge on any atom is 0.194 e. The van der Waals surface area contributed by atoms with Crippen molar-refractivity contribution in [3.63, 3.8) is 0 Å². The van der Waals surface area contributed by atoms with Gasteiger partial charge >= 0.3 is 0 Å². The van der Waals surface area contributed by atoms with Crippen LogP contribution in [0.2, 0.25) is 0 Å². The van der Waals surface area contributed by atoms with Gasteiger partial charge in [0.15, 0.2) is 11.6 Å². The summed E-state index contributed by atoms with van der Waals surface area (Å²) >= 11 is 0. The SMILES string of the molecule is O=C1c2ccccc2C(=O)c2cc3c(cc21)CC1(C3)c2c(c3ccccc3c3ccccc23)-c2c1c1ccccc1c1ccccc21. The minimum atomic E-state index is -0.372. The van der Waals surface area contributed by atoms with Crippen LogP contribution in [0.3, 0.4) is 0 Å². The van der Waals surface area contributed by atoms with Crippen molar-refractivity contribution < 1.29 is 9.59 Å². The van der Waals surface area contributed by atoms with Gasteiger partial charge in [0.25, 0.3) is 0 Å². The van der Waals surface area contributed by atoms with Crippen LogP contribution in [0.15, 0.2) is 133 Å². The Hall–Kier alpha value is -5.86. The summed E-state index contributed by atoms with van der Waals surface area (Å²) in [6.45, 7) is 0. The lowest BCUT2D eigenvalue weighted by Gasteiger charge is -2.30. The molecule has 0 fully saturated rings. The van der Waals surface area contributed by atoms with Crippen LogP contribution >= 0.6 is 0 Å². The monoisotopic (exact) mass is 598 g/mol. The van der Waals surface area contributed by atoms with Crippen molar-refractivity contribution in [2.75, 3.05) is 0 Å². The van der Waals surface area contributed by atoms with Crippen molar-refractivity contribution >= 4 is 54.7 Å². The van der Waals surface area contributed by atoms with Crippen molar-refractivity contribution in [3.8, 4) is 11.1 Å². The number of carbonyl (C=O) groups is 2. The second-order valence-corrected chi connectivity index (χ2v) is 13.5. The minimum Gasteiger partial charge on any atom is -0.289 e. The summed E-state index contributed by atoms with van der Waals surface area (Å²) < 4.78 is 0. The number of rotatable bonds is 0. The summed E-state index contributed by atoms with van der Waals surface area (Å²) in [6, 6.07) is 46.9. The van der Waals surface area contributed by atoms with E-state index in [1.807, 2.05) is 12.1 Å². The lowest BCUT2D eigenvalue weighted by Crippen LogP contribution is -2.26. The van der Waals surface area contributed by atoms with Crippen LogP contribution in [-0.2, 0) is 18.3 Å². The number of hydrogen-bond donors (Lipinski definition) is 0. The Kier molecular flexibility index (Phi) is 4.68. The molecule has 0 unspecified atom stereocenters. The molecular weight excluding hydrogens is 572 g/mol. The van der Waals surface area contributed by atoms with Gasteiger partial charge in [0.2, 0.25) is 0 Å². The first-order valence-electron chi connectivity index (χ1n) is 16.4. The highest BCUT2D eigenvalue weighted by molar-refractivity contribution is 6.29. The quantitative estimate of drug-likeness (QED) is 0.163. The molecule has 8 aromatic carbocycles. The van der Waals surface area contributed by atoms with E-state index in [1.54, 1.807) is 12.1 Å². The number of fused-ring (bicyclic) bond motifs is 18. The van der Waals surface area contributed by atoms with Crippen molar-refractivity contribution in [3.05, 3.63) is 178 Å². The molecule has 0 radical (unpaired) electrons. The highest BCUT2D eigenvalue weighted by Crippen LogP contribution is 2.63. The third-order valence-electron chi connectivity index (χ3n) is 11.3. The molecule has 47 heavy (non-hydrogen) atoms. The summed E-state index contributed by atoms with van der Waals surface area (Å²) in [4.78, 5) is 27.7. The van der Waals surface area contributed by atoms with E-state index in [1.165, 1.54) is 65.3 Å². The van der Waals surface area contributed by atoms with Crippen LogP contribution in [0.25, 0.3) is 54.2 Å². The molecule has 1 spiro atoms. The Labute approximate surface area is 270 Å². The van der Waals surface area contributed by atoms with Gasteiger partial charge in [-0.25, -0.2) is 0 Å². The van der Waals surface area contributed by atoms with Crippen LogP contribution in [0.5, 0.6) is 0 Å². The average Bonchev–Trinajstić information content (AvgIpc) is 3.65. The molecule has 0 N–H and O–H groups in total. The summed E-state index contributed by atoms with van der Waals surface area (Å²) in [5.74, 6) is -0.113. The van der Waals surface area contributed by atoms with Crippen LogP contribution in [-0.4, -0.2) is 11.6 Å². The van der Waals surface area contributed by atoms with Gasteiger partial charge in [0.1, 0.15) is 0 Å². The number of benzene rings is 8. The number of ketones is 2. The summed E-state index contributed by atoms with van der Waals surface area (Å²) in [7, 11) is 0. The molecule has 8 aromatic rings. The Morgan fingerprint density at radius 1 is 0.362 bits per heavy atom. The molecule has 2 heteroatoms. The van der Waals surface area contributed by atoms with E-state index in [0.29, 0.717) is 22.3 Å². The average molecular weight is 599 g/mol. The van der Waals surface area contributed by atoms with E-state index in [9.17, 15) is 9.59 Å². The maximum absolute atomic E-state index is 13.9. The van der Waals surface area contributed by atoms with E-state index in [2.05, 4.69) is 109 Å². The maximum atomic E-state index is 13.9. The Bertz CT molecular complexity index is 2590. The molecule has 0 aliphatic heterocycles. The van der Waals surface area contributed by atoms with Gasteiger partial charge in [-0.2, -0.15) is 0 Å². The highest BCUT2D eigenvalue weighted by Gasteiger charge is 2.51. The minimum absolute atomic E-state index is 0.0564. The predicted molar refractivity (Wildman–Crippen MR) is 190 cm³/mol. The van der Waals surface area contributed by atoms with Gasteiger partial charge in [-0.3, -0.25) is 9.59 Å². The van der Waals surface area contributed by atoms with Crippen molar-refractivity contribution in [1.29, 1.82) is 0 Å². The molecule has 0 heterocycles. The van der Waals surface area contributed by atoms with Crippen LogP contribution in [0.1, 0.15) is 54.1 Å². The highest BCUT2D eigenvalue weighted by atomic mass is 16.1. The van der Waals surface area contributed by atoms with E-state index in [0.717, 1.165) is 24.0 Å². The fraction of sp³-hybridized carbons (Fsp3) is 0.0667. The van der Waals surface area contributed by atoms with Crippen molar-refractivity contribution in [1.82, 2.24) is 0 Å². The van der Waals surface area contributed by atoms with Gasteiger partial charge in [-0.15, -0.1) is 0 Å². The molecule has 0 aromatic heterocycles. The zero-order chi connectivity index (χ0) is 31.0. The Balaban J connectivity index is 1.30. The largest absolute Gasteiger partial charge is 0.289 e. The molecule has 218 valence electrons. The number of carbonyl (C=O) groups excluding carboxylic acids is 2. The van der Waals surface area contributed by atoms with Crippen molar-refractivity contribution in [2.24, 2.45) is 0 Å². The Morgan fingerprint density at radius 3 is 1.09 bits per heavy atom. The lowest BCUT2D eigenvalue weighted by atomic mass is 9.72. The zero-order valence-electron chi connectivity index (χ0n) is 25.4. The smallest absolute Gasteiger partial charge is 0.194 e. The summed E-state index contributed by atoms with van der Waals surface area (Å²) in [5, 5.41) is 10.2. The molecule has 2 nitrogen and oxygen atoms in total. The molecule has 3 aliphatic rings. The van der Waals surface area contributed by atoms with E-state index in [4.69, 9.17) is 0 Å². The van der Waals surface area contributed by atoms with Gasteiger partial charge < -0.3 is 0 Å². The second-order valence-electron chi connectivity index (χ2n) is 13.5. The third kappa shape index (κ3) is 3.02. The van der Waals surface area contributed by atoms with E-state index in [-0.39, 0.29) is 17.0 Å². The van der Waals surface area contributed by atoms with Crippen LogP contribution in [0, 0.1) is 0 Å². The standard InChI is InChI=1S/C45H26O2/c46-43-35-19-9-10-20-36(35)44(47)38-22-26-24-45(23-25(26)21-37(38)43)41-33-17-7-3-13-29(33)27-11-1-5-15-31(27)39(41)40-32-16-6-2-12-28(32)30-14-4-8-18-34(30)42(40)45/h1-22H,23-24H2. The molecule has 0 bridgehead atoms. The molecule has 0 saturated carbocycles. The summed E-state index contributed by atoms with van der Waals surface area (Å²) in [5.41, 5.74) is 9.44. The second kappa shape index (κ2) is 8.69. The third-order valence-corrected chi connectivity index (χ3v) is 11.3.